The number of hydrogen-bond acceptors (Lipinski definition) is 2. The molecule has 0 radical (unpaired) electrons. The van der Waals surface area contributed by atoms with E-state index >= 15 is 0 Å². The first-order chi connectivity index (χ1) is 9.31. The fourth-order valence-corrected chi connectivity index (χ4v) is 2.83. The Kier molecular flexibility index (Phi) is 2.40. The van der Waals surface area contributed by atoms with Crippen molar-refractivity contribution in [3.8, 4) is 0 Å². The number of rotatable bonds is 4. The fourth-order valence-electron chi connectivity index (χ4n) is 2.83. The Morgan fingerprint density at radius 2 is 2.00 bits per heavy atom. The van der Waals surface area contributed by atoms with Gasteiger partial charge in [0.25, 0.3) is 0 Å². The summed E-state index contributed by atoms with van der Waals surface area (Å²) in [7, 11) is 0. The van der Waals surface area contributed by atoms with Gasteiger partial charge >= 0.3 is 0 Å². The second-order valence-corrected chi connectivity index (χ2v) is 5.85. The Morgan fingerprint density at radius 3 is 2.74 bits per heavy atom. The highest BCUT2D eigenvalue weighted by Crippen LogP contribution is 2.52. The van der Waals surface area contributed by atoms with Crippen molar-refractivity contribution >= 4 is 5.95 Å². The summed E-state index contributed by atoms with van der Waals surface area (Å²) in [4.78, 5) is 4.63. The largest absolute Gasteiger partial charge is 0.353 e. The maximum Gasteiger partial charge on any atom is 0.203 e. The number of nitrogens with one attached hydrogen (secondary N) is 1. The van der Waals surface area contributed by atoms with Crippen molar-refractivity contribution in [1.29, 1.82) is 0 Å². The highest BCUT2D eigenvalue weighted by molar-refractivity contribution is 5.37. The first-order valence-corrected chi connectivity index (χ1v) is 7.18. The van der Waals surface area contributed by atoms with E-state index in [1.54, 1.807) is 0 Å². The first-order valence-electron chi connectivity index (χ1n) is 7.18. The van der Waals surface area contributed by atoms with Crippen molar-refractivity contribution < 1.29 is 0 Å². The zero-order chi connectivity index (χ0) is 12.8. The molecular weight excluding hydrogens is 234 g/mol. The molecule has 0 spiro atoms. The minimum Gasteiger partial charge on any atom is -0.353 e. The summed E-state index contributed by atoms with van der Waals surface area (Å²) >= 11 is 0. The van der Waals surface area contributed by atoms with E-state index in [1.807, 2.05) is 0 Å². The number of hydrogen-bond donors (Lipinski definition) is 1. The molecule has 1 N–H and O–H groups in total. The first kappa shape index (κ1) is 11.1. The Morgan fingerprint density at radius 1 is 1.21 bits per heavy atom. The monoisotopic (exact) mass is 253 g/mol. The molecule has 3 heteroatoms. The van der Waals surface area contributed by atoms with Crippen LogP contribution in [0.15, 0.2) is 36.5 Å². The minimum absolute atomic E-state index is 0.588. The molecule has 98 valence electrons. The third-order valence-corrected chi connectivity index (χ3v) is 4.11. The SMILES string of the molecule is Cc1cn(C2CC2c2ccccc2)c(NC2CC2)n1. The van der Waals surface area contributed by atoms with E-state index in [4.69, 9.17) is 0 Å². The highest BCUT2D eigenvalue weighted by Gasteiger charge is 2.41. The molecule has 0 amide bonds. The number of aromatic nitrogens is 2. The molecule has 1 heterocycles. The Hall–Kier alpha value is -1.77. The molecule has 0 bridgehead atoms. The molecule has 0 saturated heterocycles. The summed E-state index contributed by atoms with van der Waals surface area (Å²) in [5.41, 5.74) is 2.57. The Bertz CT molecular complexity index is 583. The summed E-state index contributed by atoms with van der Waals surface area (Å²) in [5.74, 6) is 1.73. The van der Waals surface area contributed by atoms with Crippen molar-refractivity contribution in [2.24, 2.45) is 0 Å². The maximum atomic E-state index is 4.63. The molecule has 2 aromatic rings. The van der Waals surface area contributed by atoms with E-state index in [2.05, 4.69) is 58.3 Å². The summed E-state index contributed by atoms with van der Waals surface area (Å²) in [6, 6.07) is 12.1. The van der Waals surface area contributed by atoms with Gasteiger partial charge in [0.1, 0.15) is 0 Å². The number of aryl methyl sites for hydroxylation is 1. The highest BCUT2D eigenvalue weighted by atomic mass is 15.3. The lowest BCUT2D eigenvalue weighted by molar-refractivity contribution is 0.718. The normalized spacial score (nSPS) is 25.3. The van der Waals surface area contributed by atoms with Gasteiger partial charge in [0.05, 0.1) is 5.69 Å². The molecule has 1 aromatic carbocycles. The fraction of sp³-hybridized carbons (Fsp3) is 0.438. The van der Waals surface area contributed by atoms with Crippen molar-refractivity contribution in [1.82, 2.24) is 9.55 Å². The van der Waals surface area contributed by atoms with Gasteiger partial charge in [-0.25, -0.2) is 4.98 Å². The van der Waals surface area contributed by atoms with Crippen molar-refractivity contribution in [2.75, 3.05) is 5.32 Å². The van der Waals surface area contributed by atoms with E-state index in [9.17, 15) is 0 Å². The van der Waals surface area contributed by atoms with E-state index in [0.29, 0.717) is 18.0 Å². The van der Waals surface area contributed by atoms with Gasteiger partial charge in [0.15, 0.2) is 0 Å². The third kappa shape index (κ3) is 2.14. The summed E-state index contributed by atoms with van der Waals surface area (Å²) < 4.78 is 2.35. The average molecular weight is 253 g/mol. The second kappa shape index (κ2) is 4.12. The van der Waals surface area contributed by atoms with Crippen molar-refractivity contribution in [3.63, 3.8) is 0 Å². The van der Waals surface area contributed by atoms with Crippen LogP contribution in [0.3, 0.4) is 0 Å². The molecule has 2 atom stereocenters. The Labute approximate surface area is 113 Å². The maximum absolute atomic E-state index is 4.63. The van der Waals surface area contributed by atoms with Gasteiger partial charge in [-0.1, -0.05) is 30.3 Å². The van der Waals surface area contributed by atoms with Gasteiger partial charge in [-0.15, -0.1) is 0 Å². The predicted molar refractivity (Wildman–Crippen MR) is 76.4 cm³/mol. The smallest absolute Gasteiger partial charge is 0.203 e. The second-order valence-electron chi connectivity index (χ2n) is 5.85. The average Bonchev–Trinajstić information content (AvgIpc) is 3.31. The van der Waals surface area contributed by atoms with Crippen LogP contribution in [0.2, 0.25) is 0 Å². The van der Waals surface area contributed by atoms with Gasteiger partial charge in [0, 0.05) is 24.2 Å². The quantitative estimate of drug-likeness (QED) is 0.904. The van der Waals surface area contributed by atoms with Gasteiger partial charge < -0.3 is 9.88 Å². The number of nitrogens with zero attached hydrogens (tertiary/aromatic N) is 2. The summed E-state index contributed by atoms with van der Waals surface area (Å²) in [5, 5.41) is 3.55. The van der Waals surface area contributed by atoms with E-state index in [1.165, 1.54) is 24.8 Å². The van der Waals surface area contributed by atoms with Gasteiger partial charge in [0.2, 0.25) is 5.95 Å². The standard InChI is InChI=1S/C16H19N3/c1-11-10-19(16(17-11)18-13-7-8-13)15-9-14(15)12-5-3-2-4-6-12/h2-6,10,13-15H,7-9H2,1H3,(H,17,18). The number of benzene rings is 1. The lowest BCUT2D eigenvalue weighted by Crippen LogP contribution is -2.08. The van der Waals surface area contributed by atoms with Crippen LogP contribution in [-0.2, 0) is 0 Å². The lowest BCUT2D eigenvalue weighted by atomic mass is 10.1. The molecule has 2 unspecified atom stereocenters. The van der Waals surface area contributed by atoms with Crippen LogP contribution in [0.4, 0.5) is 5.95 Å². The molecule has 2 fully saturated rings. The van der Waals surface area contributed by atoms with Gasteiger partial charge in [-0.3, -0.25) is 0 Å². The topological polar surface area (TPSA) is 29.9 Å². The summed E-state index contributed by atoms with van der Waals surface area (Å²) in [6.45, 7) is 2.08. The molecule has 0 aliphatic heterocycles. The zero-order valence-electron chi connectivity index (χ0n) is 11.2. The molecule has 2 saturated carbocycles. The van der Waals surface area contributed by atoms with E-state index in [-0.39, 0.29) is 0 Å². The third-order valence-electron chi connectivity index (χ3n) is 4.11. The van der Waals surface area contributed by atoms with Crippen LogP contribution in [0.5, 0.6) is 0 Å². The Balaban J connectivity index is 1.57. The van der Waals surface area contributed by atoms with Crippen LogP contribution in [0.25, 0.3) is 0 Å². The van der Waals surface area contributed by atoms with Gasteiger partial charge in [-0.05, 0) is 31.7 Å². The van der Waals surface area contributed by atoms with Crippen LogP contribution in [0, 0.1) is 6.92 Å². The molecular formula is C16H19N3. The van der Waals surface area contributed by atoms with Gasteiger partial charge in [-0.2, -0.15) is 0 Å². The number of anilines is 1. The van der Waals surface area contributed by atoms with Crippen LogP contribution in [-0.4, -0.2) is 15.6 Å². The molecule has 1 aromatic heterocycles. The zero-order valence-corrected chi connectivity index (χ0v) is 11.2. The molecule has 19 heavy (non-hydrogen) atoms. The van der Waals surface area contributed by atoms with Crippen LogP contribution < -0.4 is 5.32 Å². The predicted octanol–water partition coefficient (Wildman–Crippen LogP) is 3.49. The van der Waals surface area contributed by atoms with Crippen molar-refractivity contribution in [3.05, 3.63) is 47.8 Å². The molecule has 4 rings (SSSR count). The lowest BCUT2D eigenvalue weighted by Gasteiger charge is -2.08. The van der Waals surface area contributed by atoms with E-state index in [0.717, 1.165) is 11.6 Å². The molecule has 2 aliphatic rings. The van der Waals surface area contributed by atoms with E-state index < -0.39 is 0 Å². The summed E-state index contributed by atoms with van der Waals surface area (Å²) in [6.07, 6.45) is 6.01. The number of imidazole rings is 1. The van der Waals surface area contributed by atoms with Crippen LogP contribution >= 0.6 is 0 Å². The van der Waals surface area contributed by atoms with Crippen molar-refractivity contribution in [2.45, 2.75) is 44.2 Å². The molecule has 2 aliphatic carbocycles. The molecule has 3 nitrogen and oxygen atoms in total. The minimum atomic E-state index is 0.588. The van der Waals surface area contributed by atoms with Crippen LogP contribution in [0.1, 0.15) is 42.5 Å².